The summed E-state index contributed by atoms with van der Waals surface area (Å²) in [6.07, 6.45) is 1.63. The molecule has 7 nitrogen and oxygen atoms in total. The van der Waals surface area contributed by atoms with E-state index in [2.05, 4.69) is 10.2 Å². The number of anilines is 1. The predicted molar refractivity (Wildman–Crippen MR) is 105 cm³/mol. The molecule has 0 amide bonds. The van der Waals surface area contributed by atoms with Crippen LogP contribution in [0.1, 0.15) is 32.3 Å². The van der Waals surface area contributed by atoms with Crippen LogP contribution >= 0.6 is 0 Å². The van der Waals surface area contributed by atoms with Gasteiger partial charge in [-0.05, 0) is 42.7 Å². The number of sulfonamides is 1. The van der Waals surface area contributed by atoms with Crippen LogP contribution in [0.5, 0.6) is 5.75 Å². The lowest BCUT2D eigenvalue weighted by molar-refractivity contribution is 0.327. The summed E-state index contributed by atoms with van der Waals surface area (Å²) in [5, 5.41) is 8.00. The Kier molecular flexibility index (Phi) is 5.96. The summed E-state index contributed by atoms with van der Waals surface area (Å²) in [6.45, 7) is 8.32. The first-order valence-corrected chi connectivity index (χ1v) is 10.7. The van der Waals surface area contributed by atoms with Crippen molar-refractivity contribution in [2.75, 3.05) is 37.7 Å². The Morgan fingerprint density at radius 3 is 2.48 bits per heavy atom. The first kappa shape index (κ1) is 19.6. The van der Waals surface area contributed by atoms with Crippen molar-refractivity contribution in [2.24, 2.45) is 0 Å². The van der Waals surface area contributed by atoms with Crippen molar-refractivity contribution < 1.29 is 13.2 Å². The second-order valence-corrected chi connectivity index (χ2v) is 8.67. The third-order valence-electron chi connectivity index (χ3n) is 4.67. The number of hydrogen-bond donors (Lipinski definition) is 0. The smallest absolute Gasteiger partial charge is 0.246 e. The summed E-state index contributed by atoms with van der Waals surface area (Å²) in [7, 11) is -3.63. The quantitative estimate of drug-likeness (QED) is 0.754. The minimum absolute atomic E-state index is 0.239. The minimum atomic E-state index is -3.63. The van der Waals surface area contributed by atoms with Crippen molar-refractivity contribution in [1.29, 1.82) is 0 Å². The minimum Gasteiger partial charge on any atom is -0.492 e. The van der Waals surface area contributed by atoms with E-state index < -0.39 is 10.0 Å². The third kappa shape index (κ3) is 4.22. The lowest BCUT2D eigenvalue weighted by Gasteiger charge is -2.34. The molecule has 8 heteroatoms. The van der Waals surface area contributed by atoms with Gasteiger partial charge >= 0.3 is 0 Å². The van der Waals surface area contributed by atoms with Crippen molar-refractivity contribution in [3.63, 3.8) is 0 Å². The maximum absolute atomic E-state index is 13.3. The number of aromatic nitrogens is 2. The lowest BCUT2D eigenvalue weighted by atomic mass is 10.0. The van der Waals surface area contributed by atoms with Crippen LogP contribution in [0, 0.1) is 0 Å². The van der Waals surface area contributed by atoms with Gasteiger partial charge in [-0.25, -0.2) is 8.42 Å². The van der Waals surface area contributed by atoms with Gasteiger partial charge in [0.2, 0.25) is 10.0 Å². The Labute approximate surface area is 161 Å². The van der Waals surface area contributed by atoms with Gasteiger partial charge in [0.15, 0.2) is 5.82 Å². The number of rotatable bonds is 6. The second-order valence-electron chi connectivity index (χ2n) is 6.77. The van der Waals surface area contributed by atoms with Crippen LogP contribution < -0.4 is 9.64 Å². The van der Waals surface area contributed by atoms with E-state index in [-0.39, 0.29) is 10.8 Å². The van der Waals surface area contributed by atoms with Gasteiger partial charge in [0, 0.05) is 32.4 Å². The van der Waals surface area contributed by atoms with E-state index in [1.807, 2.05) is 43.9 Å². The molecular formula is C19H26N4O3S. The topological polar surface area (TPSA) is 75.6 Å². The van der Waals surface area contributed by atoms with Crippen molar-refractivity contribution >= 4 is 15.8 Å². The van der Waals surface area contributed by atoms with E-state index in [1.165, 1.54) is 4.31 Å². The number of piperazine rings is 1. The highest BCUT2D eigenvalue weighted by Gasteiger charge is 2.31. The Morgan fingerprint density at radius 2 is 1.89 bits per heavy atom. The van der Waals surface area contributed by atoms with Gasteiger partial charge in [-0.1, -0.05) is 19.9 Å². The van der Waals surface area contributed by atoms with Crippen molar-refractivity contribution in [1.82, 2.24) is 14.5 Å². The van der Waals surface area contributed by atoms with Gasteiger partial charge in [-0.15, -0.1) is 5.10 Å². The molecule has 0 aliphatic carbocycles. The molecule has 2 aromatic rings. The highest BCUT2D eigenvalue weighted by Crippen LogP contribution is 2.31. The van der Waals surface area contributed by atoms with Gasteiger partial charge in [0.25, 0.3) is 0 Å². The molecule has 1 aliphatic heterocycles. The molecule has 1 fully saturated rings. The SMILES string of the molecule is CCOc1ccc(C(C)C)cc1S(=O)(=O)N1CCN(c2cccnn2)CC1. The molecular weight excluding hydrogens is 364 g/mol. The van der Waals surface area contributed by atoms with Crippen LogP contribution in [0.25, 0.3) is 0 Å². The second kappa shape index (κ2) is 8.22. The lowest BCUT2D eigenvalue weighted by Crippen LogP contribution is -2.49. The van der Waals surface area contributed by atoms with E-state index in [0.29, 0.717) is 38.5 Å². The van der Waals surface area contributed by atoms with Gasteiger partial charge in [-0.3, -0.25) is 0 Å². The van der Waals surface area contributed by atoms with Crippen molar-refractivity contribution in [3.05, 3.63) is 42.1 Å². The zero-order valence-electron chi connectivity index (χ0n) is 16.0. The number of hydrogen-bond acceptors (Lipinski definition) is 6. The fraction of sp³-hybridized carbons (Fsp3) is 0.474. The molecule has 0 saturated carbocycles. The summed E-state index contributed by atoms with van der Waals surface area (Å²) in [4.78, 5) is 2.30. The number of nitrogens with zero attached hydrogens (tertiary/aromatic N) is 4. The maximum atomic E-state index is 13.3. The molecule has 1 aromatic carbocycles. The Balaban J connectivity index is 1.83. The van der Waals surface area contributed by atoms with E-state index in [0.717, 1.165) is 11.4 Å². The average Bonchev–Trinajstić information content (AvgIpc) is 2.69. The van der Waals surface area contributed by atoms with E-state index in [9.17, 15) is 8.42 Å². The van der Waals surface area contributed by atoms with Gasteiger partial charge in [0.1, 0.15) is 10.6 Å². The normalized spacial score (nSPS) is 15.9. The summed E-state index contributed by atoms with van der Waals surface area (Å²) in [5.41, 5.74) is 0.982. The molecule has 0 unspecified atom stereocenters. The largest absolute Gasteiger partial charge is 0.492 e. The summed E-state index contributed by atoms with van der Waals surface area (Å²) in [5.74, 6) is 1.42. The van der Waals surface area contributed by atoms with Crippen LogP contribution in [-0.4, -0.2) is 55.7 Å². The van der Waals surface area contributed by atoms with Crippen molar-refractivity contribution in [2.45, 2.75) is 31.6 Å². The average molecular weight is 391 g/mol. The summed E-state index contributed by atoms with van der Waals surface area (Å²) >= 11 is 0. The first-order valence-electron chi connectivity index (χ1n) is 9.23. The number of benzene rings is 1. The molecule has 1 aromatic heterocycles. The summed E-state index contributed by atoms with van der Waals surface area (Å²) < 4.78 is 33.7. The van der Waals surface area contributed by atoms with E-state index >= 15 is 0 Å². The fourth-order valence-corrected chi connectivity index (χ4v) is 4.71. The third-order valence-corrected chi connectivity index (χ3v) is 6.59. The Bertz CT molecular complexity index is 864. The molecule has 2 heterocycles. The molecule has 0 spiro atoms. The van der Waals surface area contributed by atoms with Gasteiger partial charge < -0.3 is 9.64 Å². The fourth-order valence-electron chi connectivity index (χ4n) is 3.12. The van der Waals surface area contributed by atoms with Crippen LogP contribution in [-0.2, 0) is 10.0 Å². The predicted octanol–water partition coefficient (Wildman–Crippen LogP) is 2.51. The van der Waals surface area contributed by atoms with Gasteiger partial charge in [0.05, 0.1) is 6.61 Å². The van der Waals surface area contributed by atoms with Crippen LogP contribution in [0.3, 0.4) is 0 Å². The zero-order valence-corrected chi connectivity index (χ0v) is 16.8. The Morgan fingerprint density at radius 1 is 1.15 bits per heavy atom. The molecule has 0 atom stereocenters. The number of ether oxygens (including phenoxy) is 1. The zero-order chi connectivity index (χ0) is 19.4. The molecule has 3 rings (SSSR count). The standard InChI is InChI=1S/C19H26N4O3S/c1-4-26-17-8-7-16(15(2)3)14-18(17)27(24,25)23-12-10-22(11-13-23)19-6-5-9-20-21-19/h5-9,14-15H,4,10-13H2,1-3H3. The van der Waals surface area contributed by atoms with Crippen LogP contribution in [0.15, 0.2) is 41.4 Å². The molecule has 0 radical (unpaired) electrons. The molecule has 0 N–H and O–H groups in total. The highest BCUT2D eigenvalue weighted by atomic mass is 32.2. The molecule has 27 heavy (non-hydrogen) atoms. The van der Waals surface area contributed by atoms with E-state index in [4.69, 9.17) is 4.74 Å². The monoisotopic (exact) mass is 390 g/mol. The Hall–Kier alpha value is -2.19. The first-order chi connectivity index (χ1) is 12.9. The highest BCUT2D eigenvalue weighted by molar-refractivity contribution is 7.89. The van der Waals surface area contributed by atoms with Crippen LogP contribution in [0.4, 0.5) is 5.82 Å². The van der Waals surface area contributed by atoms with Gasteiger partial charge in [-0.2, -0.15) is 9.40 Å². The molecule has 1 saturated heterocycles. The summed E-state index contributed by atoms with van der Waals surface area (Å²) in [6, 6.07) is 9.16. The van der Waals surface area contributed by atoms with E-state index in [1.54, 1.807) is 18.3 Å². The molecule has 146 valence electrons. The maximum Gasteiger partial charge on any atom is 0.246 e. The van der Waals surface area contributed by atoms with Crippen molar-refractivity contribution in [3.8, 4) is 5.75 Å². The molecule has 0 bridgehead atoms. The molecule has 1 aliphatic rings. The van der Waals surface area contributed by atoms with Crippen LogP contribution in [0.2, 0.25) is 0 Å².